The number of hydrogen-bond donors (Lipinski definition) is 0. The average molecular weight is 313 g/mol. The predicted molar refractivity (Wildman–Crippen MR) is 100 cm³/mol. The van der Waals surface area contributed by atoms with E-state index in [1.165, 1.54) is 26.7 Å². The maximum atomic E-state index is 4.35. The van der Waals surface area contributed by atoms with Crippen LogP contribution in [0.5, 0.6) is 0 Å². The third-order valence-electron chi connectivity index (χ3n) is 3.93. The van der Waals surface area contributed by atoms with Gasteiger partial charge in [-0.05, 0) is 35.3 Å². The zero-order valence-corrected chi connectivity index (χ0v) is 13.5. The van der Waals surface area contributed by atoms with E-state index in [0.717, 1.165) is 0 Å². The molecule has 0 N–H and O–H groups in total. The fourth-order valence-corrected chi connectivity index (χ4v) is 5.33. The first-order valence-electron chi connectivity index (χ1n) is 7.66. The lowest BCUT2D eigenvalue weighted by Gasteiger charge is -2.20. The van der Waals surface area contributed by atoms with E-state index >= 15 is 0 Å². The third-order valence-corrected chi connectivity index (χ3v) is 6.43. The van der Waals surface area contributed by atoms with Crippen molar-refractivity contribution in [2.45, 2.75) is 0 Å². The molecule has 0 bridgehead atoms. The molecule has 1 nitrogen and oxygen atoms in total. The van der Waals surface area contributed by atoms with Crippen LogP contribution in [-0.2, 0) is 0 Å². The van der Waals surface area contributed by atoms with Crippen LogP contribution in [0.25, 0.3) is 10.8 Å². The Kier molecular flexibility index (Phi) is 3.88. The Bertz CT molecular complexity index is 875. The Hall–Kier alpha value is -2.50. The summed E-state index contributed by atoms with van der Waals surface area (Å²) in [6.07, 6.45) is 3.85. The molecule has 3 aromatic carbocycles. The quantitative estimate of drug-likeness (QED) is 0.521. The SMILES string of the molecule is c1ccc(P(c2ccccc2)c2cccc3ccncc23)cc1. The summed E-state index contributed by atoms with van der Waals surface area (Å²) in [5, 5.41) is 6.59. The number of hydrogen-bond acceptors (Lipinski definition) is 1. The van der Waals surface area contributed by atoms with E-state index in [2.05, 4.69) is 89.9 Å². The van der Waals surface area contributed by atoms with Gasteiger partial charge in [0.15, 0.2) is 0 Å². The van der Waals surface area contributed by atoms with E-state index in [4.69, 9.17) is 0 Å². The van der Waals surface area contributed by atoms with Crippen molar-refractivity contribution in [1.29, 1.82) is 0 Å². The van der Waals surface area contributed by atoms with Crippen molar-refractivity contribution in [1.82, 2.24) is 4.98 Å². The van der Waals surface area contributed by atoms with Gasteiger partial charge in [-0.2, -0.15) is 0 Å². The molecule has 4 rings (SSSR count). The second-order valence-electron chi connectivity index (χ2n) is 5.38. The first-order valence-corrected chi connectivity index (χ1v) is 9.00. The van der Waals surface area contributed by atoms with Gasteiger partial charge in [0.05, 0.1) is 0 Å². The van der Waals surface area contributed by atoms with Crippen molar-refractivity contribution in [3.63, 3.8) is 0 Å². The van der Waals surface area contributed by atoms with Crippen LogP contribution in [-0.4, -0.2) is 4.98 Å². The standard InChI is InChI=1S/C21H16NP/c1-3-9-18(10-4-1)23(19-11-5-2-6-12-19)21-13-7-8-17-14-15-22-16-20(17)21/h1-16H. The molecular formula is C21H16NP. The molecule has 0 amide bonds. The molecule has 0 spiro atoms. The molecule has 4 aromatic rings. The third kappa shape index (κ3) is 2.76. The first-order chi connectivity index (χ1) is 11.4. The largest absolute Gasteiger partial charge is 0.264 e. The number of nitrogens with zero attached hydrogens (tertiary/aromatic N) is 1. The Morgan fingerprint density at radius 2 is 1.26 bits per heavy atom. The summed E-state index contributed by atoms with van der Waals surface area (Å²) in [7, 11) is -0.586. The highest BCUT2D eigenvalue weighted by Gasteiger charge is 2.18. The van der Waals surface area contributed by atoms with Crippen LogP contribution in [0, 0.1) is 0 Å². The molecule has 1 heterocycles. The molecule has 23 heavy (non-hydrogen) atoms. The van der Waals surface area contributed by atoms with Gasteiger partial charge in [-0.1, -0.05) is 78.9 Å². The molecule has 1 aromatic heterocycles. The first kappa shape index (κ1) is 14.1. The van der Waals surface area contributed by atoms with Crippen molar-refractivity contribution in [2.24, 2.45) is 0 Å². The smallest absolute Gasteiger partial charge is 0.0353 e. The summed E-state index contributed by atoms with van der Waals surface area (Å²) in [5.41, 5.74) is 0. The Balaban J connectivity index is 1.98. The molecule has 0 saturated heterocycles. The van der Waals surface area contributed by atoms with E-state index in [1.807, 2.05) is 12.4 Å². The van der Waals surface area contributed by atoms with Crippen molar-refractivity contribution in [3.8, 4) is 0 Å². The average Bonchev–Trinajstić information content (AvgIpc) is 2.64. The minimum absolute atomic E-state index is 0.586. The minimum Gasteiger partial charge on any atom is -0.264 e. The number of aromatic nitrogens is 1. The van der Waals surface area contributed by atoms with Gasteiger partial charge in [0.2, 0.25) is 0 Å². The maximum absolute atomic E-state index is 4.35. The van der Waals surface area contributed by atoms with Gasteiger partial charge in [-0.15, -0.1) is 0 Å². The van der Waals surface area contributed by atoms with Gasteiger partial charge < -0.3 is 0 Å². The van der Waals surface area contributed by atoms with Crippen LogP contribution in [0.3, 0.4) is 0 Å². The maximum Gasteiger partial charge on any atom is 0.0353 e. The van der Waals surface area contributed by atoms with Gasteiger partial charge in [0, 0.05) is 17.8 Å². The lowest BCUT2D eigenvalue weighted by molar-refractivity contribution is 1.37. The van der Waals surface area contributed by atoms with E-state index in [1.54, 1.807) is 0 Å². The van der Waals surface area contributed by atoms with Crippen LogP contribution >= 0.6 is 7.92 Å². The van der Waals surface area contributed by atoms with E-state index < -0.39 is 7.92 Å². The monoisotopic (exact) mass is 313 g/mol. The van der Waals surface area contributed by atoms with Crippen LogP contribution in [0.1, 0.15) is 0 Å². The number of rotatable bonds is 3. The molecule has 110 valence electrons. The van der Waals surface area contributed by atoms with E-state index in [9.17, 15) is 0 Å². The highest BCUT2D eigenvalue weighted by atomic mass is 31.1. The zero-order chi connectivity index (χ0) is 15.5. The Morgan fingerprint density at radius 1 is 0.609 bits per heavy atom. The van der Waals surface area contributed by atoms with Gasteiger partial charge in [-0.25, -0.2) is 0 Å². The molecule has 2 heteroatoms. The molecule has 0 aliphatic carbocycles. The summed E-state index contributed by atoms with van der Waals surface area (Å²) in [6, 6.07) is 30.2. The topological polar surface area (TPSA) is 12.9 Å². The van der Waals surface area contributed by atoms with Gasteiger partial charge in [0.1, 0.15) is 0 Å². The van der Waals surface area contributed by atoms with E-state index in [-0.39, 0.29) is 0 Å². The number of benzene rings is 3. The van der Waals surface area contributed by atoms with Crippen LogP contribution in [0.15, 0.2) is 97.3 Å². The van der Waals surface area contributed by atoms with E-state index in [0.29, 0.717) is 0 Å². The number of pyridine rings is 1. The van der Waals surface area contributed by atoms with Crippen molar-refractivity contribution in [3.05, 3.63) is 97.3 Å². The molecule has 0 aliphatic heterocycles. The fourth-order valence-electron chi connectivity index (χ4n) is 2.87. The van der Waals surface area contributed by atoms with Crippen LogP contribution in [0.2, 0.25) is 0 Å². The molecular weight excluding hydrogens is 297 g/mol. The number of fused-ring (bicyclic) bond motifs is 1. The highest BCUT2D eigenvalue weighted by molar-refractivity contribution is 7.80. The minimum atomic E-state index is -0.586. The van der Waals surface area contributed by atoms with Crippen LogP contribution in [0.4, 0.5) is 0 Å². The highest BCUT2D eigenvalue weighted by Crippen LogP contribution is 2.35. The lowest BCUT2D eigenvalue weighted by Crippen LogP contribution is -2.21. The summed E-state index contributed by atoms with van der Waals surface area (Å²) in [5.74, 6) is 0. The van der Waals surface area contributed by atoms with Gasteiger partial charge in [0.25, 0.3) is 0 Å². The molecule has 0 saturated carbocycles. The van der Waals surface area contributed by atoms with Crippen molar-refractivity contribution < 1.29 is 0 Å². The van der Waals surface area contributed by atoms with Crippen molar-refractivity contribution >= 4 is 34.6 Å². The van der Waals surface area contributed by atoms with Gasteiger partial charge in [-0.3, -0.25) is 4.98 Å². The molecule has 0 fully saturated rings. The van der Waals surface area contributed by atoms with Crippen LogP contribution < -0.4 is 15.9 Å². The summed E-state index contributed by atoms with van der Waals surface area (Å²) in [6.45, 7) is 0. The fraction of sp³-hybridized carbons (Fsp3) is 0. The van der Waals surface area contributed by atoms with Gasteiger partial charge >= 0.3 is 0 Å². The summed E-state index contributed by atoms with van der Waals surface area (Å²) >= 11 is 0. The second kappa shape index (κ2) is 6.32. The molecule has 0 radical (unpaired) electrons. The Labute approximate surface area is 137 Å². The lowest BCUT2D eigenvalue weighted by atomic mass is 10.2. The second-order valence-corrected chi connectivity index (χ2v) is 7.57. The normalized spacial score (nSPS) is 11.0. The molecule has 0 aliphatic rings. The Morgan fingerprint density at radius 3 is 1.91 bits per heavy atom. The predicted octanol–water partition coefficient (Wildman–Crippen LogP) is 3.99. The zero-order valence-electron chi connectivity index (χ0n) is 12.6. The summed E-state index contributed by atoms with van der Waals surface area (Å²) < 4.78 is 0. The molecule has 0 atom stereocenters. The molecule has 0 unspecified atom stereocenters. The van der Waals surface area contributed by atoms with Crippen molar-refractivity contribution in [2.75, 3.05) is 0 Å². The summed E-state index contributed by atoms with van der Waals surface area (Å²) in [4.78, 5) is 4.35.